The van der Waals surface area contributed by atoms with Gasteiger partial charge in [-0.05, 0) is 35.0 Å². The number of para-hydroxylation sites is 1. The number of fused-ring (bicyclic) bond motifs is 1. The Labute approximate surface area is 150 Å². The fourth-order valence-corrected chi connectivity index (χ4v) is 2.52. The number of carbonyl (C=O) groups excluding carboxylic acids is 2. The van der Waals surface area contributed by atoms with Crippen LogP contribution in [-0.2, 0) is 9.53 Å². The SMILES string of the molecule is COc1cccc(C(=O)OCC(=O)Nc2ccc3ccccc3c2)c1O. The van der Waals surface area contributed by atoms with Gasteiger partial charge >= 0.3 is 5.97 Å². The highest BCUT2D eigenvalue weighted by Gasteiger charge is 2.17. The van der Waals surface area contributed by atoms with Crippen molar-refractivity contribution >= 4 is 28.3 Å². The third-order valence-electron chi connectivity index (χ3n) is 3.81. The number of phenolic OH excluding ortho intramolecular Hbond substituents is 1. The third kappa shape index (κ3) is 3.75. The molecule has 26 heavy (non-hydrogen) atoms. The summed E-state index contributed by atoms with van der Waals surface area (Å²) in [6.45, 7) is -0.470. The van der Waals surface area contributed by atoms with Crippen LogP contribution in [0.1, 0.15) is 10.4 Å². The molecule has 0 aliphatic heterocycles. The van der Waals surface area contributed by atoms with Gasteiger partial charge in [-0.25, -0.2) is 4.79 Å². The van der Waals surface area contributed by atoms with E-state index in [2.05, 4.69) is 5.32 Å². The lowest BCUT2D eigenvalue weighted by Gasteiger charge is -2.10. The number of carbonyl (C=O) groups is 2. The first kappa shape index (κ1) is 17.3. The van der Waals surface area contributed by atoms with Gasteiger partial charge in [0.15, 0.2) is 18.1 Å². The number of methoxy groups -OCH3 is 1. The zero-order valence-electron chi connectivity index (χ0n) is 14.1. The van der Waals surface area contributed by atoms with E-state index in [1.54, 1.807) is 12.1 Å². The van der Waals surface area contributed by atoms with Gasteiger partial charge in [0.1, 0.15) is 5.56 Å². The number of benzene rings is 3. The average Bonchev–Trinajstić information content (AvgIpc) is 2.66. The normalized spacial score (nSPS) is 10.3. The quantitative estimate of drug-likeness (QED) is 0.689. The molecule has 0 unspecified atom stereocenters. The molecule has 0 atom stereocenters. The Kier molecular flexibility index (Phi) is 5.03. The molecule has 0 heterocycles. The molecule has 0 aliphatic carbocycles. The molecule has 0 aliphatic rings. The Hall–Kier alpha value is -3.54. The van der Waals surface area contributed by atoms with E-state index >= 15 is 0 Å². The monoisotopic (exact) mass is 351 g/mol. The lowest BCUT2D eigenvalue weighted by Crippen LogP contribution is -2.21. The Morgan fingerprint density at radius 2 is 1.77 bits per heavy atom. The summed E-state index contributed by atoms with van der Waals surface area (Å²) in [4.78, 5) is 24.1. The Bertz CT molecular complexity index is 967. The van der Waals surface area contributed by atoms with Gasteiger partial charge in [0, 0.05) is 5.69 Å². The molecule has 3 aromatic carbocycles. The van der Waals surface area contributed by atoms with E-state index in [1.165, 1.54) is 19.2 Å². The van der Waals surface area contributed by atoms with Crippen LogP contribution in [0, 0.1) is 0 Å². The van der Waals surface area contributed by atoms with Crippen molar-refractivity contribution in [2.45, 2.75) is 0 Å². The van der Waals surface area contributed by atoms with Gasteiger partial charge in [-0.3, -0.25) is 4.79 Å². The standard InChI is InChI=1S/C20H17NO5/c1-25-17-8-4-7-16(19(17)23)20(24)26-12-18(22)21-15-10-9-13-5-2-3-6-14(13)11-15/h2-11,23H,12H2,1H3,(H,21,22). The van der Waals surface area contributed by atoms with Gasteiger partial charge in [-0.1, -0.05) is 36.4 Å². The van der Waals surface area contributed by atoms with Crippen molar-refractivity contribution in [3.05, 3.63) is 66.2 Å². The number of rotatable bonds is 5. The van der Waals surface area contributed by atoms with Gasteiger partial charge < -0.3 is 19.9 Å². The topological polar surface area (TPSA) is 84.9 Å². The first-order valence-corrected chi connectivity index (χ1v) is 7.90. The second-order valence-corrected chi connectivity index (χ2v) is 5.54. The summed E-state index contributed by atoms with van der Waals surface area (Å²) in [6, 6.07) is 17.7. The Morgan fingerprint density at radius 1 is 1.00 bits per heavy atom. The van der Waals surface area contributed by atoms with Crippen LogP contribution in [-0.4, -0.2) is 30.7 Å². The van der Waals surface area contributed by atoms with Crippen LogP contribution in [0.15, 0.2) is 60.7 Å². The number of hydrogen-bond donors (Lipinski definition) is 2. The van der Waals surface area contributed by atoms with Gasteiger partial charge in [-0.15, -0.1) is 0 Å². The van der Waals surface area contributed by atoms with Gasteiger partial charge in [0.2, 0.25) is 0 Å². The van der Waals surface area contributed by atoms with E-state index in [-0.39, 0.29) is 17.1 Å². The number of hydrogen-bond acceptors (Lipinski definition) is 5. The van der Waals surface area contributed by atoms with Crippen LogP contribution in [0.5, 0.6) is 11.5 Å². The number of aromatic hydroxyl groups is 1. The van der Waals surface area contributed by atoms with Crippen LogP contribution in [0.3, 0.4) is 0 Å². The minimum atomic E-state index is -0.810. The summed E-state index contributed by atoms with van der Waals surface area (Å²) >= 11 is 0. The summed E-state index contributed by atoms with van der Waals surface area (Å²) in [7, 11) is 1.38. The smallest absolute Gasteiger partial charge is 0.342 e. The molecule has 6 heteroatoms. The zero-order valence-corrected chi connectivity index (χ0v) is 14.1. The maximum Gasteiger partial charge on any atom is 0.342 e. The molecule has 6 nitrogen and oxygen atoms in total. The number of nitrogens with one attached hydrogen (secondary N) is 1. The molecule has 3 aromatic rings. The highest BCUT2D eigenvalue weighted by molar-refractivity contribution is 5.98. The van der Waals surface area contributed by atoms with Crippen LogP contribution >= 0.6 is 0 Å². The maximum atomic E-state index is 12.0. The highest BCUT2D eigenvalue weighted by Crippen LogP contribution is 2.29. The summed E-state index contributed by atoms with van der Waals surface area (Å²) in [6.07, 6.45) is 0. The van der Waals surface area contributed by atoms with E-state index in [1.807, 2.05) is 36.4 Å². The van der Waals surface area contributed by atoms with Crippen LogP contribution in [0.4, 0.5) is 5.69 Å². The number of ether oxygens (including phenoxy) is 2. The molecular weight excluding hydrogens is 334 g/mol. The predicted molar refractivity (Wildman–Crippen MR) is 97.5 cm³/mol. The number of esters is 1. The maximum absolute atomic E-state index is 12.0. The first-order valence-electron chi connectivity index (χ1n) is 7.90. The van der Waals surface area contributed by atoms with Crippen molar-refractivity contribution in [2.75, 3.05) is 19.0 Å². The fraction of sp³-hybridized carbons (Fsp3) is 0.100. The average molecular weight is 351 g/mol. The Morgan fingerprint density at radius 3 is 2.54 bits per heavy atom. The van der Waals surface area contributed by atoms with Crippen molar-refractivity contribution in [1.29, 1.82) is 0 Å². The van der Waals surface area contributed by atoms with Gasteiger partial charge in [-0.2, -0.15) is 0 Å². The molecule has 0 bridgehead atoms. The molecule has 132 valence electrons. The summed E-state index contributed by atoms with van der Waals surface area (Å²) < 4.78 is 9.90. The molecular formula is C20H17NO5. The number of anilines is 1. The predicted octanol–water partition coefficient (Wildman–Crippen LogP) is 3.35. The molecule has 0 saturated heterocycles. The molecule has 0 spiro atoms. The highest BCUT2D eigenvalue weighted by atomic mass is 16.5. The van der Waals surface area contributed by atoms with E-state index in [0.717, 1.165) is 10.8 Å². The molecule has 0 saturated carbocycles. The largest absolute Gasteiger partial charge is 0.504 e. The van der Waals surface area contributed by atoms with Crippen molar-refractivity contribution in [3.8, 4) is 11.5 Å². The van der Waals surface area contributed by atoms with E-state index < -0.39 is 18.5 Å². The molecule has 1 amide bonds. The second-order valence-electron chi connectivity index (χ2n) is 5.54. The minimum Gasteiger partial charge on any atom is -0.504 e. The van der Waals surface area contributed by atoms with Gasteiger partial charge in [0.05, 0.1) is 7.11 Å². The van der Waals surface area contributed by atoms with Gasteiger partial charge in [0.25, 0.3) is 5.91 Å². The van der Waals surface area contributed by atoms with Crippen molar-refractivity contribution in [2.24, 2.45) is 0 Å². The number of phenols is 1. The summed E-state index contributed by atoms with van der Waals surface area (Å²) in [5.41, 5.74) is 0.539. The van der Waals surface area contributed by atoms with Crippen molar-refractivity contribution < 1.29 is 24.2 Å². The molecule has 2 N–H and O–H groups in total. The molecule has 0 radical (unpaired) electrons. The lowest BCUT2D eigenvalue weighted by atomic mass is 10.1. The molecule has 0 fully saturated rings. The second kappa shape index (κ2) is 7.57. The first-order chi connectivity index (χ1) is 12.6. The van der Waals surface area contributed by atoms with Crippen molar-refractivity contribution in [3.63, 3.8) is 0 Å². The summed E-state index contributed by atoms with van der Waals surface area (Å²) in [5, 5.41) is 14.7. The zero-order chi connectivity index (χ0) is 18.5. The molecule has 0 aromatic heterocycles. The van der Waals surface area contributed by atoms with E-state index in [4.69, 9.17) is 9.47 Å². The lowest BCUT2D eigenvalue weighted by molar-refractivity contribution is -0.119. The van der Waals surface area contributed by atoms with E-state index in [9.17, 15) is 14.7 Å². The van der Waals surface area contributed by atoms with Crippen LogP contribution in [0.25, 0.3) is 10.8 Å². The Balaban J connectivity index is 1.62. The third-order valence-corrected chi connectivity index (χ3v) is 3.81. The molecule has 3 rings (SSSR count). The summed E-state index contributed by atoms with van der Waals surface area (Å²) in [5.74, 6) is -1.46. The number of amides is 1. The minimum absolute atomic E-state index is 0.0668. The fourth-order valence-electron chi connectivity index (χ4n) is 2.52. The van der Waals surface area contributed by atoms with Crippen LogP contribution < -0.4 is 10.1 Å². The van der Waals surface area contributed by atoms with E-state index in [0.29, 0.717) is 5.69 Å². The van der Waals surface area contributed by atoms with Crippen LogP contribution in [0.2, 0.25) is 0 Å². The van der Waals surface area contributed by atoms with Crippen molar-refractivity contribution in [1.82, 2.24) is 0 Å².